The Bertz CT molecular complexity index is 766. The minimum Gasteiger partial charge on any atom is -0.332 e. The van der Waals surface area contributed by atoms with E-state index in [0.717, 1.165) is 25.9 Å². The predicted molar refractivity (Wildman–Crippen MR) is 103 cm³/mol. The Hall–Kier alpha value is -1.63. The predicted octanol–water partition coefficient (Wildman–Crippen LogP) is 3.35. The molecular formula is C18H23Cl2N5O. The zero-order valence-electron chi connectivity index (χ0n) is 15.0. The number of aromatic nitrogens is 3. The lowest BCUT2D eigenvalue weighted by Gasteiger charge is -2.26. The van der Waals surface area contributed by atoms with Gasteiger partial charge in [-0.3, -0.25) is 4.79 Å². The number of amides is 1. The van der Waals surface area contributed by atoms with Crippen LogP contribution in [0.4, 0.5) is 0 Å². The van der Waals surface area contributed by atoms with Gasteiger partial charge in [0.25, 0.3) is 5.91 Å². The monoisotopic (exact) mass is 395 g/mol. The van der Waals surface area contributed by atoms with Gasteiger partial charge in [-0.1, -0.05) is 43.1 Å². The smallest absolute Gasteiger partial charge is 0.293 e. The van der Waals surface area contributed by atoms with Gasteiger partial charge in [0.15, 0.2) is 0 Å². The van der Waals surface area contributed by atoms with Crippen molar-refractivity contribution in [1.29, 1.82) is 0 Å². The van der Waals surface area contributed by atoms with Crippen LogP contribution in [0.1, 0.15) is 43.1 Å². The van der Waals surface area contributed by atoms with Gasteiger partial charge in [0.1, 0.15) is 11.5 Å². The molecule has 6 nitrogen and oxygen atoms in total. The molecule has 1 unspecified atom stereocenters. The van der Waals surface area contributed by atoms with Crippen LogP contribution in [0.3, 0.4) is 0 Å². The highest BCUT2D eigenvalue weighted by atomic mass is 35.5. The molecule has 140 valence electrons. The minimum atomic E-state index is -0.142. The third-order valence-corrected chi connectivity index (χ3v) is 5.14. The van der Waals surface area contributed by atoms with Crippen molar-refractivity contribution in [1.82, 2.24) is 25.0 Å². The van der Waals surface area contributed by atoms with E-state index in [1.54, 1.807) is 22.9 Å². The first-order valence-electron chi connectivity index (χ1n) is 8.98. The molecule has 3 rings (SSSR count). The first-order chi connectivity index (χ1) is 12.6. The molecule has 0 radical (unpaired) electrons. The lowest BCUT2D eigenvalue weighted by atomic mass is 10.2. The van der Waals surface area contributed by atoms with Crippen LogP contribution in [0.5, 0.6) is 0 Å². The molecule has 1 atom stereocenters. The van der Waals surface area contributed by atoms with E-state index in [0.29, 0.717) is 34.5 Å². The summed E-state index contributed by atoms with van der Waals surface area (Å²) in [7, 11) is 0. The van der Waals surface area contributed by atoms with E-state index in [2.05, 4.69) is 22.3 Å². The van der Waals surface area contributed by atoms with Crippen LogP contribution < -0.4 is 5.32 Å². The van der Waals surface area contributed by atoms with Gasteiger partial charge in [0, 0.05) is 25.6 Å². The number of hydrogen-bond donors (Lipinski definition) is 1. The van der Waals surface area contributed by atoms with Gasteiger partial charge in [-0.2, -0.15) is 0 Å². The van der Waals surface area contributed by atoms with Crippen molar-refractivity contribution in [2.75, 3.05) is 19.6 Å². The van der Waals surface area contributed by atoms with E-state index in [1.807, 2.05) is 11.8 Å². The van der Waals surface area contributed by atoms with Gasteiger partial charge in [-0.05, 0) is 31.5 Å². The van der Waals surface area contributed by atoms with Gasteiger partial charge in [0.05, 0.1) is 10.0 Å². The number of benzene rings is 1. The number of para-hydroxylation sites is 1. The zero-order chi connectivity index (χ0) is 18.7. The maximum atomic E-state index is 13.1. The first-order valence-corrected chi connectivity index (χ1v) is 9.74. The molecule has 26 heavy (non-hydrogen) atoms. The van der Waals surface area contributed by atoms with Crippen LogP contribution in [0.2, 0.25) is 10.0 Å². The van der Waals surface area contributed by atoms with E-state index < -0.39 is 0 Å². The summed E-state index contributed by atoms with van der Waals surface area (Å²) >= 11 is 12.6. The highest BCUT2D eigenvalue weighted by Crippen LogP contribution is 2.29. The molecule has 1 aliphatic rings. The third-order valence-electron chi connectivity index (χ3n) is 4.53. The number of halogens is 2. The summed E-state index contributed by atoms with van der Waals surface area (Å²) in [6.45, 7) is 6.45. The van der Waals surface area contributed by atoms with Gasteiger partial charge in [-0.15, -0.1) is 5.10 Å². The van der Waals surface area contributed by atoms with E-state index in [4.69, 9.17) is 23.2 Å². The summed E-state index contributed by atoms with van der Waals surface area (Å²) in [5.41, 5.74) is 0.559. The van der Waals surface area contributed by atoms with Gasteiger partial charge < -0.3 is 10.2 Å². The summed E-state index contributed by atoms with van der Waals surface area (Å²) in [4.78, 5) is 19.5. The average molecular weight is 396 g/mol. The number of hydrogen-bond acceptors (Lipinski definition) is 4. The molecule has 2 aromatic rings. The van der Waals surface area contributed by atoms with Crippen molar-refractivity contribution in [2.24, 2.45) is 0 Å². The van der Waals surface area contributed by atoms with Crippen LogP contribution in [-0.4, -0.2) is 51.2 Å². The second kappa shape index (κ2) is 8.37. The normalized spacial score (nSPS) is 16.8. The minimum absolute atomic E-state index is 0.142. The standard InChI is InChI=1S/C18H23Cl2N5O/c1-3-10-24(12-8-9-21-11-12)18(26)17-22-15(4-2)25(23-17)16-13(19)6-5-7-14(16)20/h5-7,12,21H,3-4,8-11H2,1-2H3. The topological polar surface area (TPSA) is 63.1 Å². The van der Waals surface area contributed by atoms with Gasteiger partial charge in [-0.25, -0.2) is 9.67 Å². The highest BCUT2D eigenvalue weighted by Gasteiger charge is 2.30. The van der Waals surface area contributed by atoms with Crippen molar-refractivity contribution in [3.63, 3.8) is 0 Å². The van der Waals surface area contributed by atoms with E-state index in [1.165, 1.54) is 0 Å². The number of rotatable bonds is 6. The van der Waals surface area contributed by atoms with Crippen molar-refractivity contribution >= 4 is 29.1 Å². The summed E-state index contributed by atoms with van der Waals surface area (Å²) in [5, 5.41) is 8.73. The van der Waals surface area contributed by atoms with Crippen LogP contribution in [0.25, 0.3) is 5.69 Å². The molecule has 1 aromatic heterocycles. The summed E-state index contributed by atoms with van der Waals surface area (Å²) in [5.74, 6) is 0.708. The number of carbonyl (C=O) groups is 1. The summed E-state index contributed by atoms with van der Waals surface area (Å²) < 4.78 is 1.59. The second-order valence-electron chi connectivity index (χ2n) is 6.33. The molecule has 0 spiro atoms. The first kappa shape index (κ1) is 19.1. The Morgan fingerprint density at radius 3 is 2.65 bits per heavy atom. The summed E-state index contributed by atoms with van der Waals surface area (Å²) in [6, 6.07) is 5.46. The van der Waals surface area contributed by atoms with Crippen LogP contribution in [0, 0.1) is 0 Å². The highest BCUT2D eigenvalue weighted by molar-refractivity contribution is 6.37. The van der Waals surface area contributed by atoms with E-state index >= 15 is 0 Å². The quantitative estimate of drug-likeness (QED) is 0.814. The molecule has 1 aromatic carbocycles. The molecule has 8 heteroatoms. The van der Waals surface area contributed by atoms with Crippen molar-refractivity contribution in [3.8, 4) is 5.69 Å². The van der Waals surface area contributed by atoms with Crippen molar-refractivity contribution in [3.05, 3.63) is 39.9 Å². The Kier molecular flexibility index (Phi) is 6.16. The zero-order valence-corrected chi connectivity index (χ0v) is 16.5. The molecule has 1 aliphatic heterocycles. The van der Waals surface area contributed by atoms with Crippen LogP contribution in [0.15, 0.2) is 18.2 Å². The molecule has 1 fully saturated rings. The number of nitrogens with zero attached hydrogens (tertiary/aromatic N) is 4. The molecule has 0 aliphatic carbocycles. The van der Waals surface area contributed by atoms with E-state index in [-0.39, 0.29) is 17.8 Å². The Morgan fingerprint density at radius 2 is 2.08 bits per heavy atom. The SMILES string of the molecule is CCCN(C(=O)c1nc(CC)n(-c2c(Cl)cccc2Cl)n1)C1CCNC1. The molecule has 1 saturated heterocycles. The fourth-order valence-corrected chi connectivity index (χ4v) is 3.82. The van der Waals surface area contributed by atoms with Crippen molar-refractivity contribution in [2.45, 2.75) is 39.2 Å². The molecule has 0 saturated carbocycles. The molecule has 1 amide bonds. The van der Waals surface area contributed by atoms with Crippen LogP contribution in [-0.2, 0) is 6.42 Å². The molecule has 0 bridgehead atoms. The maximum Gasteiger partial charge on any atom is 0.293 e. The number of aryl methyl sites for hydroxylation is 1. The van der Waals surface area contributed by atoms with E-state index in [9.17, 15) is 4.79 Å². The fourth-order valence-electron chi connectivity index (χ4n) is 3.26. The van der Waals surface area contributed by atoms with Crippen LogP contribution >= 0.6 is 23.2 Å². The second-order valence-corrected chi connectivity index (χ2v) is 7.15. The summed E-state index contributed by atoms with van der Waals surface area (Å²) in [6.07, 6.45) is 2.45. The molecule has 1 N–H and O–H groups in total. The Morgan fingerprint density at radius 1 is 1.35 bits per heavy atom. The lowest BCUT2D eigenvalue weighted by molar-refractivity contribution is 0.0679. The molecule has 2 heterocycles. The fraction of sp³-hybridized carbons (Fsp3) is 0.500. The van der Waals surface area contributed by atoms with Gasteiger partial charge in [0.2, 0.25) is 5.82 Å². The third kappa shape index (κ3) is 3.72. The largest absolute Gasteiger partial charge is 0.332 e. The Balaban J connectivity index is 1.98. The molecular weight excluding hydrogens is 373 g/mol. The van der Waals surface area contributed by atoms with Gasteiger partial charge >= 0.3 is 0 Å². The number of nitrogens with one attached hydrogen (secondary N) is 1. The average Bonchev–Trinajstić information content (AvgIpc) is 3.29. The lowest BCUT2D eigenvalue weighted by Crippen LogP contribution is -2.42. The van der Waals surface area contributed by atoms with Crippen molar-refractivity contribution < 1.29 is 4.79 Å². The number of carbonyl (C=O) groups excluding carboxylic acids is 1. The maximum absolute atomic E-state index is 13.1. The Labute approximate surface area is 163 Å².